The molecule has 0 unspecified atom stereocenters. The third kappa shape index (κ3) is 4.23. The summed E-state index contributed by atoms with van der Waals surface area (Å²) in [5.74, 6) is 0.462. The molecule has 1 fully saturated rings. The topological polar surface area (TPSA) is 67.6 Å². The number of anilines is 2. The number of hydrogen-bond donors (Lipinski definition) is 1. The van der Waals surface area contributed by atoms with Crippen molar-refractivity contribution < 1.29 is 13.9 Å². The van der Waals surface area contributed by atoms with Crippen molar-refractivity contribution in [2.45, 2.75) is 0 Å². The van der Waals surface area contributed by atoms with Crippen LogP contribution in [0.25, 0.3) is 22.0 Å². The van der Waals surface area contributed by atoms with Crippen molar-refractivity contribution in [1.82, 2.24) is 4.98 Å². The van der Waals surface area contributed by atoms with Crippen LogP contribution in [0.5, 0.6) is 0 Å². The fraction of sp³-hybridized carbons (Fsp3) is 0.167. The monoisotopic (exact) mass is 431 g/mol. The van der Waals surface area contributed by atoms with Crippen LogP contribution in [0.15, 0.2) is 77.4 Å². The lowest BCUT2D eigenvalue weighted by Gasteiger charge is -2.28. The second-order valence-electron chi connectivity index (χ2n) is 7.14. The van der Waals surface area contributed by atoms with E-state index in [0.29, 0.717) is 21.3 Å². The maximum atomic E-state index is 13.2. The molecule has 5 rings (SSSR count). The Hall–Kier alpha value is -3.42. The molecule has 1 saturated heterocycles. The van der Waals surface area contributed by atoms with Gasteiger partial charge in [-0.05, 0) is 36.4 Å². The molecule has 0 bridgehead atoms. The molecule has 1 amide bonds. The van der Waals surface area contributed by atoms with Crippen LogP contribution >= 0.6 is 11.3 Å². The Morgan fingerprint density at radius 1 is 0.968 bits per heavy atom. The maximum absolute atomic E-state index is 13.2. The van der Waals surface area contributed by atoms with Gasteiger partial charge in [0.05, 0.1) is 25.2 Å². The molecule has 4 aromatic rings. The molecule has 31 heavy (non-hydrogen) atoms. The van der Waals surface area contributed by atoms with E-state index >= 15 is 0 Å². The molecule has 156 valence electrons. The second-order valence-corrected chi connectivity index (χ2v) is 8.14. The van der Waals surface area contributed by atoms with E-state index in [-0.39, 0.29) is 5.91 Å². The molecule has 0 atom stereocenters. The summed E-state index contributed by atoms with van der Waals surface area (Å²) in [7, 11) is 0. The summed E-state index contributed by atoms with van der Waals surface area (Å²) in [6.07, 6.45) is 1.61. The molecule has 7 heteroatoms. The maximum Gasteiger partial charge on any atom is 0.268 e. The third-order valence-corrected chi connectivity index (χ3v) is 6.18. The highest BCUT2D eigenvalue weighted by Gasteiger charge is 2.21. The summed E-state index contributed by atoms with van der Waals surface area (Å²) in [6, 6.07) is 21.3. The number of nitrogens with one attached hydrogen (secondary N) is 1. The Morgan fingerprint density at radius 3 is 2.45 bits per heavy atom. The molecule has 1 aliphatic heterocycles. The summed E-state index contributed by atoms with van der Waals surface area (Å²) in [6.45, 7) is 3.24. The van der Waals surface area contributed by atoms with Gasteiger partial charge in [0, 0.05) is 30.0 Å². The fourth-order valence-corrected chi connectivity index (χ4v) is 4.49. The summed E-state index contributed by atoms with van der Waals surface area (Å²) >= 11 is 1.33. The fourth-order valence-electron chi connectivity index (χ4n) is 3.54. The average molecular weight is 432 g/mol. The largest absolute Gasteiger partial charge is 0.462 e. The number of morpholine rings is 1. The molecular formula is C24H21N3O3S. The highest BCUT2D eigenvalue weighted by atomic mass is 32.1. The van der Waals surface area contributed by atoms with Gasteiger partial charge in [-0.1, -0.05) is 30.3 Å². The quantitative estimate of drug-likeness (QED) is 0.473. The van der Waals surface area contributed by atoms with Crippen LogP contribution in [0.4, 0.5) is 11.4 Å². The minimum Gasteiger partial charge on any atom is -0.462 e. The Kier molecular flexibility index (Phi) is 5.52. The zero-order valence-electron chi connectivity index (χ0n) is 16.8. The third-order valence-electron chi connectivity index (χ3n) is 5.11. The summed E-state index contributed by atoms with van der Waals surface area (Å²) < 4.78 is 10.9. The number of furan rings is 1. The predicted molar refractivity (Wildman–Crippen MR) is 123 cm³/mol. The lowest BCUT2D eigenvalue weighted by Crippen LogP contribution is -2.36. The Bertz CT molecular complexity index is 1150. The van der Waals surface area contributed by atoms with Crippen LogP contribution < -0.4 is 10.2 Å². The van der Waals surface area contributed by atoms with Crippen LogP contribution in [0.1, 0.15) is 9.67 Å². The number of rotatable bonds is 5. The number of thiazole rings is 1. The van der Waals surface area contributed by atoms with E-state index in [1.165, 1.54) is 11.3 Å². The van der Waals surface area contributed by atoms with Crippen molar-refractivity contribution in [1.29, 1.82) is 0 Å². The Morgan fingerprint density at radius 2 is 1.74 bits per heavy atom. The average Bonchev–Trinajstić information content (AvgIpc) is 3.51. The zero-order chi connectivity index (χ0) is 21.0. The van der Waals surface area contributed by atoms with Crippen LogP contribution in [0.3, 0.4) is 0 Å². The van der Waals surface area contributed by atoms with Crippen LogP contribution in [-0.2, 0) is 4.74 Å². The van der Waals surface area contributed by atoms with Gasteiger partial charge in [-0.25, -0.2) is 4.98 Å². The first kappa shape index (κ1) is 19.5. The number of carbonyl (C=O) groups is 1. The van der Waals surface area contributed by atoms with E-state index in [2.05, 4.69) is 10.2 Å². The lowest BCUT2D eigenvalue weighted by molar-refractivity contribution is 0.103. The molecular weight excluding hydrogens is 410 g/mol. The summed E-state index contributed by atoms with van der Waals surface area (Å²) in [5, 5.41) is 3.69. The minimum absolute atomic E-state index is 0.187. The van der Waals surface area contributed by atoms with Gasteiger partial charge in [0.15, 0.2) is 10.8 Å². The number of nitrogens with zero attached hydrogens (tertiary/aromatic N) is 2. The molecule has 0 saturated carbocycles. The van der Waals surface area contributed by atoms with Crippen molar-refractivity contribution >= 4 is 28.6 Å². The van der Waals surface area contributed by atoms with Gasteiger partial charge < -0.3 is 19.4 Å². The van der Waals surface area contributed by atoms with Crippen LogP contribution in [-0.4, -0.2) is 37.2 Å². The number of amides is 1. The SMILES string of the molecule is O=C(Nc1ccc(N2CCOCC2)cc1)c1sc(-c2ccco2)nc1-c1ccccc1. The van der Waals surface area contributed by atoms with Crippen molar-refractivity contribution in [3.8, 4) is 22.0 Å². The lowest BCUT2D eigenvalue weighted by atomic mass is 10.1. The standard InChI is InChI=1S/C24H21N3O3S/c28-23(25-18-8-10-19(11-9-18)27-12-15-29-16-13-27)22-21(17-5-2-1-3-6-17)26-24(31-22)20-7-4-14-30-20/h1-11,14H,12-13,15-16H2,(H,25,28). The van der Waals surface area contributed by atoms with E-state index in [1.807, 2.05) is 66.7 Å². The first-order valence-corrected chi connectivity index (χ1v) is 10.9. The highest BCUT2D eigenvalue weighted by molar-refractivity contribution is 7.17. The molecule has 3 heterocycles. The van der Waals surface area contributed by atoms with Gasteiger partial charge >= 0.3 is 0 Å². The number of carbonyl (C=O) groups excluding carboxylic acids is 1. The van der Waals surface area contributed by atoms with Crippen molar-refractivity contribution in [3.05, 3.63) is 77.9 Å². The van der Waals surface area contributed by atoms with Crippen molar-refractivity contribution in [2.75, 3.05) is 36.5 Å². The minimum atomic E-state index is -0.187. The van der Waals surface area contributed by atoms with Crippen molar-refractivity contribution in [3.63, 3.8) is 0 Å². The number of benzene rings is 2. The highest BCUT2D eigenvalue weighted by Crippen LogP contribution is 2.34. The van der Waals surface area contributed by atoms with Crippen LogP contribution in [0.2, 0.25) is 0 Å². The smallest absolute Gasteiger partial charge is 0.268 e. The van der Waals surface area contributed by atoms with E-state index in [0.717, 1.165) is 43.2 Å². The Labute approximate surface area is 184 Å². The molecule has 0 radical (unpaired) electrons. The number of aromatic nitrogens is 1. The van der Waals surface area contributed by atoms with Crippen molar-refractivity contribution in [2.24, 2.45) is 0 Å². The van der Waals surface area contributed by atoms with Gasteiger partial charge in [0.2, 0.25) is 0 Å². The van der Waals surface area contributed by atoms with Gasteiger partial charge in [-0.3, -0.25) is 4.79 Å². The molecule has 0 spiro atoms. The Balaban J connectivity index is 1.40. The summed E-state index contributed by atoms with van der Waals surface area (Å²) in [4.78, 5) is 20.7. The van der Waals surface area contributed by atoms with E-state index in [9.17, 15) is 4.79 Å². The first-order valence-electron chi connectivity index (χ1n) is 10.1. The predicted octanol–water partition coefficient (Wildman–Crippen LogP) is 5.16. The van der Waals surface area contributed by atoms with Gasteiger partial charge in [-0.2, -0.15) is 0 Å². The molecule has 0 aliphatic carbocycles. The van der Waals surface area contributed by atoms with E-state index in [1.54, 1.807) is 6.26 Å². The second kappa shape index (κ2) is 8.75. The van der Waals surface area contributed by atoms with Gasteiger partial charge in [0.1, 0.15) is 4.88 Å². The molecule has 1 N–H and O–H groups in total. The molecule has 2 aromatic heterocycles. The van der Waals surface area contributed by atoms with E-state index < -0.39 is 0 Å². The number of hydrogen-bond acceptors (Lipinski definition) is 6. The number of ether oxygens (including phenoxy) is 1. The van der Waals surface area contributed by atoms with Gasteiger partial charge in [-0.15, -0.1) is 11.3 Å². The molecule has 1 aliphatic rings. The van der Waals surface area contributed by atoms with Crippen LogP contribution in [0, 0.1) is 0 Å². The molecule has 6 nitrogen and oxygen atoms in total. The normalized spacial score (nSPS) is 13.9. The summed E-state index contributed by atoms with van der Waals surface area (Å²) in [5.41, 5.74) is 3.42. The molecule has 2 aromatic carbocycles. The zero-order valence-corrected chi connectivity index (χ0v) is 17.6. The van der Waals surface area contributed by atoms with E-state index in [4.69, 9.17) is 14.1 Å². The van der Waals surface area contributed by atoms with Gasteiger partial charge in [0.25, 0.3) is 5.91 Å². The first-order chi connectivity index (χ1) is 15.3.